The maximum absolute atomic E-state index is 11.8. The fraction of sp³-hybridized carbons (Fsp3) is 0.714. The van der Waals surface area contributed by atoms with Gasteiger partial charge in [-0.25, -0.2) is 5.10 Å². The molecule has 0 aromatic carbocycles. The van der Waals surface area contributed by atoms with Crippen LogP contribution in [-0.4, -0.2) is 28.2 Å². The molecular formula is C14H21N3O. The Labute approximate surface area is 107 Å². The molecular weight excluding hydrogens is 226 g/mol. The molecule has 3 rings (SSSR count). The average molecular weight is 247 g/mol. The van der Waals surface area contributed by atoms with Crippen molar-refractivity contribution < 1.29 is 0 Å². The molecule has 0 spiro atoms. The van der Waals surface area contributed by atoms with Crippen LogP contribution in [0.25, 0.3) is 0 Å². The molecule has 2 aliphatic rings. The molecule has 1 fully saturated rings. The number of nitrogens with one attached hydrogen (secondary N) is 1. The number of aromatic nitrogens is 2. The standard InChI is InChI=1S/C14H21N3O/c18-14-12-7-3-2-6-11(12)13(15-16-14)10-17-8-4-1-5-9-17/h1-10H2,(H,16,18). The molecule has 2 heterocycles. The number of likely N-dealkylation sites (tertiary alicyclic amines) is 1. The Morgan fingerprint density at radius 2 is 1.72 bits per heavy atom. The van der Waals surface area contributed by atoms with Gasteiger partial charge in [0, 0.05) is 12.1 Å². The summed E-state index contributed by atoms with van der Waals surface area (Å²) in [5.41, 5.74) is 3.40. The van der Waals surface area contributed by atoms with Crippen LogP contribution in [0.3, 0.4) is 0 Å². The Hall–Kier alpha value is -1.16. The Morgan fingerprint density at radius 3 is 2.50 bits per heavy atom. The number of hydrogen-bond donors (Lipinski definition) is 1. The zero-order valence-corrected chi connectivity index (χ0v) is 10.9. The second kappa shape index (κ2) is 5.22. The van der Waals surface area contributed by atoms with E-state index in [9.17, 15) is 4.79 Å². The topological polar surface area (TPSA) is 49.0 Å². The fourth-order valence-corrected chi connectivity index (χ4v) is 3.19. The maximum atomic E-state index is 11.8. The highest BCUT2D eigenvalue weighted by atomic mass is 16.1. The van der Waals surface area contributed by atoms with Crippen LogP contribution in [0.15, 0.2) is 4.79 Å². The van der Waals surface area contributed by atoms with Crippen molar-refractivity contribution in [1.82, 2.24) is 15.1 Å². The molecule has 1 saturated heterocycles. The predicted octanol–water partition coefficient (Wildman–Crippen LogP) is 1.63. The first-order chi connectivity index (χ1) is 8.84. The van der Waals surface area contributed by atoms with Gasteiger partial charge in [-0.2, -0.15) is 5.10 Å². The van der Waals surface area contributed by atoms with E-state index in [0.717, 1.165) is 37.1 Å². The maximum Gasteiger partial charge on any atom is 0.267 e. The average Bonchev–Trinajstić information content (AvgIpc) is 2.44. The van der Waals surface area contributed by atoms with E-state index in [-0.39, 0.29) is 5.56 Å². The lowest BCUT2D eigenvalue weighted by atomic mass is 9.91. The van der Waals surface area contributed by atoms with E-state index in [2.05, 4.69) is 15.1 Å². The van der Waals surface area contributed by atoms with E-state index in [0.29, 0.717) is 0 Å². The molecule has 0 radical (unpaired) electrons. The number of nitrogens with zero attached hydrogens (tertiary/aromatic N) is 2. The normalized spacial score (nSPS) is 20.7. The summed E-state index contributed by atoms with van der Waals surface area (Å²) in [7, 11) is 0. The van der Waals surface area contributed by atoms with Crippen LogP contribution < -0.4 is 5.56 Å². The largest absolute Gasteiger partial charge is 0.297 e. The molecule has 1 aromatic heterocycles. The van der Waals surface area contributed by atoms with Crippen LogP contribution >= 0.6 is 0 Å². The molecule has 4 heteroatoms. The first-order valence-electron chi connectivity index (χ1n) is 7.16. The monoisotopic (exact) mass is 247 g/mol. The molecule has 0 saturated carbocycles. The van der Waals surface area contributed by atoms with Crippen LogP contribution in [0.5, 0.6) is 0 Å². The highest BCUT2D eigenvalue weighted by Crippen LogP contribution is 2.22. The highest BCUT2D eigenvalue weighted by molar-refractivity contribution is 5.30. The number of H-pyrrole nitrogens is 1. The molecule has 1 aromatic rings. The van der Waals surface area contributed by atoms with E-state index in [1.54, 1.807) is 0 Å². The first-order valence-corrected chi connectivity index (χ1v) is 7.16. The lowest BCUT2D eigenvalue weighted by molar-refractivity contribution is 0.217. The third-order valence-electron chi connectivity index (χ3n) is 4.20. The molecule has 18 heavy (non-hydrogen) atoms. The lowest BCUT2D eigenvalue weighted by Gasteiger charge is -2.27. The number of hydrogen-bond acceptors (Lipinski definition) is 3. The Bertz CT molecular complexity index is 474. The van der Waals surface area contributed by atoms with Crippen molar-refractivity contribution >= 4 is 0 Å². The van der Waals surface area contributed by atoms with Gasteiger partial charge in [-0.15, -0.1) is 0 Å². The third-order valence-corrected chi connectivity index (χ3v) is 4.20. The summed E-state index contributed by atoms with van der Waals surface area (Å²) in [6, 6.07) is 0. The second-order valence-corrected chi connectivity index (χ2v) is 5.50. The number of aromatic amines is 1. The number of fused-ring (bicyclic) bond motifs is 1. The predicted molar refractivity (Wildman–Crippen MR) is 70.6 cm³/mol. The quantitative estimate of drug-likeness (QED) is 0.864. The molecule has 0 bridgehead atoms. The molecule has 1 N–H and O–H groups in total. The van der Waals surface area contributed by atoms with Crippen molar-refractivity contribution in [3.8, 4) is 0 Å². The van der Waals surface area contributed by atoms with Crippen LogP contribution in [0.4, 0.5) is 0 Å². The minimum Gasteiger partial charge on any atom is -0.297 e. The van der Waals surface area contributed by atoms with Gasteiger partial charge in [0.1, 0.15) is 0 Å². The minimum atomic E-state index is 0.0343. The van der Waals surface area contributed by atoms with E-state index in [1.807, 2.05) is 0 Å². The summed E-state index contributed by atoms with van der Waals surface area (Å²) in [5.74, 6) is 0. The van der Waals surface area contributed by atoms with Crippen LogP contribution in [0, 0.1) is 0 Å². The van der Waals surface area contributed by atoms with E-state index in [4.69, 9.17) is 0 Å². The smallest absolute Gasteiger partial charge is 0.267 e. The van der Waals surface area contributed by atoms with Gasteiger partial charge in [-0.1, -0.05) is 6.42 Å². The number of piperidine rings is 1. The van der Waals surface area contributed by atoms with E-state index < -0.39 is 0 Å². The highest BCUT2D eigenvalue weighted by Gasteiger charge is 2.20. The van der Waals surface area contributed by atoms with Crippen molar-refractivity contribution in [2.75, 3.05) is 13.1 Å². The van der Waals surface area contributed by atoms with Crippen LogP contribution in [0.2, 0.25) is 0 Å². The van der Waals surface area contributed by atoms with Gasteiger partial charge < -0.3 is 0 Å². The van der Waals surface area contributed by atoms with E-state index >= 15 is 0 Å². The SMILES string of the molecule is O=c1[nH]nc(CN2CCCCC2)c2c1CCCC2. The molecule has 4 nitrogen and oxygen atoms in total. The van der Waals surface area contributed by atoms with Gasteiger partial charge in [-0.3, -0.25) is 9.69 Å². The molecule has 98 valence electrons. The summed E-state index contributed by atoms with van der Waals surface area (Å²) < 4.78 is 0. The second-order valence-electron chi connectivity index (χ2n) is 5.50. The number of rotatable bonds is 2. The molecule has 0 atom stereocenters. The van der Waals surface area contributed by atoms with Crippen LogP contribution in [0.1, 0.15) is 48.9 Å². The van der Waals surface area contributed by atoms with Crippen molar-refractivity contribution in [2.24, 2.45) is 0 Å². The zero-order valence-electron chi connectivity index (χ0n) is 10.9. The van der Waals surface area contributed by atoms with Crippen molar-refractivity contribution in [3.05, 3.63) is 27.2 Å². The van der Waals surface area contributed by atoms with Crippen molar-refractivity contribution in [2.45, 2.75) is 51.5 Å². The Balaban J connectivity index is 1.85. The summed E-state index contributed by atoms with van der Waals surface area (Å²) in [6.45, 7) is 3.27. The summed E-state index contributed by atoms with van der Waals surface area (Å²) in [5, 5.41) is 6.99. The Kier molecular flexibility index (Phi) is 3.46. The summed E-state index contributed by atoms with van der Waals surface area (Å²) in [6.07, 6.45) is 8.26. The van der Waals surface area contributed by atoms with Gasteiger partial charge >= 0.3 is 0 Å². The summed E-state index contributed by atoms with van der Waals surface area (Å²) >= 11 is 0. The summed E-state index contributed by atoms with van der Waals surface area (Å²) in [4.78, 5) is 14.2. The zero-order chi connectivity index (χ0) is 12.4. The molecule has 1 aliphatic heterocycles. The third kappa shape index (κ3) is 2.34. The van der Waals surface area contributed by atoms with Gasteiger partial charge in [0.25, 0.3) is 5.56 Å². The lowest BCUT2D eigenvalue weighted by Crippen LogP contribution is -2.32. The van der Waals surface area contributed by atoms with Gasteiger partial charge in [0.2, 0.25) is 0 Å². The van der Waals surface area contributed by atoms with Gasteiger partial charge in [0.05, 0.1) is 5.69 Å². The van der Waals surface area contributed by atoms with Gasteiger partial charge in [-0.05, 0) is 57.2 Å². The van der Waals surface area contributed by atoms with Gasteiger partial charge in [0.15, 0.2) is 0 Å². The molecule has 0 unspecified atom stereocenters. The van der Waals surface area contributed by atoms with E-state index in [1.165, 1.54) is 44.3 Å². The molecule has 0 amide bonds. The minimum absolute atomic E-state index is 0.0343. The van der Waals surface area contributed by atoms with Crippen LogP contribution in [-0.2, 0) is 19.4 Å². The van der Waals surface area contributed by atoms with Crippen molar-refractivity contribution in [3.63, 3.8) is 0 Å². The van der Waals surface area contributed by atoms with Crippen molar-refractivity contribution in [1.29, 1.82) is 0 Å². The first kappa shape index (κ1) is 11.9. The fourth-order valence-electron chi connectivity index (χ4n) is 3.19. The molecule has 1 aliphatic carbocycles. The Morgan fingerprint density at radius 1 is 1.00 bits per heavy atom.